The van der Waals surface area contributed by atoms with Gasteiger partial charge in [-0.15, -0.1) is 11.3 Å². The molecule has 0 spiro atoms. The van der Waals surface area contributed by atoms with Crippen LogP contribution in [0.5, 0.6) is 0 Å². The van der Waals surface area contributed by atoms with Gasteiger partial charge in [0.2, 0.25) is 0 Å². The number of benzene rings is 2. The van der Waals surface area contributed by atoms with Gasteiger partial charge in [-0.25, -0.2) is 0 Å². The summed E-state index contributed by atoms with van der Waals surface area (Å²) in [5.74, 6) is 0. The summed E-state index contributed by atoms with van der Waals surface area (Å²) in [6.07, 6.45) is 0. The van der Waals surface area contributed by atoms with Gasteiger partial charge in [0.15, 0.2) is 0 Å². The zero-order chi connectivity index (χ0) is 13.7. The average Bonchev–Trinajstić information content (AvgIpc) is 2.96. The SMILES string of the molecule is Nc1sc2ccccc2c1-c1[nH]c2ccccc2c1N. The number of aromatic nitrogens is 1. The van der Waals surface area contributed by atoms with E-state index in [0.717, 1.165) is 38.2 Å². The third kappa shape index (κ3) is 1.45. The third-order valence-corrected chi connectivity index (χ3v) is 4.62. The number of aromatic amines is 1. The van der Waals surface area contributed by atoms with Crippen LogP contribution in [-0.2, 0) is 0 Å². The van der Waals surface area contributed by atoms with Crippen LogP contribution < -0.4 is 11.5 Å². The smallest absolute Gasteiger partial charge is 0.0964 e. The number of rotatable bonds is 1. The molecular weight excluding hydrogens is 266 g/mol. The maximum atomic E-state index is 6.31. The standard InChI is InChI=1S/C16H13N3S/c17-14-9-5-1-3-7-11(9)19-15(14)13-10-6-2-4-8-12(10)20-16(13)18/h1-8,19H,17-18H2. The van der Waals surface area contributed by atoms with Crippen molar-refractivity contribution < 1.29 is 0 Å². The molecule has 20 heavy (non-hydrogen) atoms. The molecular formula is C16H13N3S. The first-order chi connectivity index (χ1) is 9.75. The van der Waals surface area contributed by atoms with Gasteiger partial charge in [-0.1, -0.05) is 36.4 Å². The number of para-hydroxylation sites is 1. The van der Waals surface area contributed by atoms with E-state index in [1.807, 2.05) is 36.4 Å². The number of hydrogen-bond acceptors (Lipinski definition) is 3. The van der Waals surface area contributed by atoms with Crippen molar-refractivity contribution in [2.24, 2.45) is 0 Å². The summed E-state index contributed by atoms with van der Waals surface area (Å²) < 4.78 is 1.18. The second-order valence-corrected chi connectivity index (χ2v) is 5.88. The van der Waals surface area contributed by atoms with Gasteiger partial charge in [0.25, 0.3) is 0 Å². The summed E-state index contributed by atoms with van der Waals surface area (Å²) >= 11 is 1.59. The Balaban J connectivity index is 2.11. The molecule has 4 aromatic rings. The Hall–Kier alpha value is -2.46. The van der Waals surface area contributed by atoms with Crippen LogP contribution in [0.25, 0.3) is 32.2 Å². The van der Waals surface area contributed by atoms with E-state index in [0.29, 0.717) is 0 Å². The predicted molar refractivity (Wildman–Crippen MR) is 87.9 cm³/mol. The maximum Gasteiger partial charge on any atom is 0.0964 e. The predicted octanol–water partition coefficient (Wildman–Crippen LogP) is 4.21. The Bertz CT molecular complexity index is 933. The molecule has 0 fully saturated rings. The molecule has 0 radical (unpaired) electrons. The first-order valence-electron chi connectivity index (χ1n) is 6.39. The van der Waals surface area contributed by atoms with Crippen molar-refractivity contribution in [2.45, 2.75) is 0 Å². The largest absolute Gasteiger partial charge is 0.396 e. The van der Waals surface area contributed by atoms with Gasteiger partial charge >= 0.3 is 0 Å². The fraction of sp³-hybridized carbons (Fsp3) is 0. The first kappa shape index (κ1) is 11.4. The van der Waals surface area contributed by atoms with Gasteiger partial charge in [-0.3, -0.25) is 0 Å². The number of nitrogen functional groups attached to an aromatic ring is 2. The molecule has 98 valence electrons. The lowest BCUT2D eigenvalue weighted by atomic mass is 10.1. The topological polar surface area (TPSA) is 67.8 Å². The zero-order valence-electron chi connectivity index (χ0n) is 10.7. The molecule has 4 rings (SSSR count). The lowest BCUT2D eigenvalue weighted by molar-refractivity contribution is 1.47. The van der Waals surface area contributed by atoms with E-state index < -0.39 is 0 Å². The van der Waals surface area contributed by atoms with Crippen molar-refractivity contribution in [3.63, 3.8) is 0 Å². The fourth-order valence-electron chi connectivity index (χ4n) is 2.68. The van der Waals surface area contributed by atoms with Crippen LogP contribution in [0.3, 0.4) is 0 Å². The molecule has 0 aliphatic rings. The Morgan fingerprint density at radius 2 is 1.55 bits per heavy atom. The molecule has 4 heteroatoms. The van der Waals surface area contributed by atoms with Gasteiger partial charge < -0.3 is 16.5 Å². The van der Waals surface area contributed by atoms with Crippen LogP contribution in [-0.4, -0.2) is 4.98 Å². The van der Waals surface area contributed by atoms with Crippen molar-refractivity contribution in [1.82, 2.24) is 4.98 Å². The molecule has 0 aliphatic carbocycles. The average molecular weight is 279 g/mol. The van der Waals surface area contributed by atoms with Gasteiger partial charge in [0, 0.05) is 26.6 Å². The highest BCUT2D eigenvalue weighted by Gasteiger charge is 2.17. The Kier molecular flexibility index (Phi) is 2.28. The quantitative estimate of drug-likeness (QED) is 0.488. The van der Waals surface area contributed by atoms with Crippen molar-refractivity contribution in [1.29, 1.82) is 0 Å². The van der Waals surface area contributed by atoms with Crippen LogP contribution in [0.4, 0.5) is 10.7 Å². The van der Waals surface area contributed by atoms with E-state index in [9.17, 15) is 0 Å². The van der Waals surface area contributed by atoms with Gasteiger partial charge in [0.1, 0.15) is 0 Å². The minimum atomic E-state index is 0.760. The van der Waals surface area contributed by atoms with E-state index in [2.05, 4.69) is 17.1 Å². The monoisotopic (exact) mass is 279 g/mol. The Morgan fingerprint density at radius 3 is 2.35 bits per heavy atom. The lowest BCUT2D eigenvalue weighted by Crippen LogP contribution is -1.89. The molecule has 3 nitrogen and oxygen atoms in total. The van der Waals surface area contributed by atoms with E-state index in [1.165, 1.54) is 4.70 Å². The number of hydrogen-bond donors (Lipinski definition) is 3. The van der Waals surface area contributed by atoms with Crippen LogP contribution in [0, 0.1) is 0 Å². The summed E-state index contributed by atoms with van der Waals surface area (Å²) in [7, 11) is 0. The summed E-state index contributed by atoms with van der Waals surface area (Å²) in [5, 5.41) is 2.98. The van der Waals surface area contributed by atoms with E-state index >= 15 is 0 Å². The molecule has 2 aromatic carbocycles. The minimum absolute atomic E-state index is 0.760. The molecule has 2 heterocycles. The van der Waals surface area contributed by atoms with Crippen molar-refractivity contribution in [3.05, 3.63) is 48.5 Å². The number of H-pyrrole nitrogens is 1. The number of nitrogens with one attached hydrogen (secondary N) is 1. The highest BCUT2D eigenvalue weighted by Crippen LogP contribution is 2.44. The molecule has 0 saturated carbocycles. The minimum Gasteiger partial charge on any atom is -0.396 e. The maximum absolute atomic E-state index is 6.31. The third-order valence-electron chi connectivity index (χ3n) is 3.62. The van der Waals surface area contributed by atoms with Crippen LogP contribution in [0.1, 0.15) is 0 Å². The van der Waals surface area contributed by atoms with Crippen LogP contribution >= 0.6 is 11.3 Å². The van der Waals surface area contributed by atoms with Gasteiger partial charge in [-0.2, -0.15) is 0 Å². The van der Waals surface area contributed by atoms with Crippen LogP contribution in [0.2, 0.25) is 0 Å². The normalized spacial score (nSPS) is 11.4. The summed E-state index contributed by atoms with van der Waals surface area (Å²) in [6.45, 7) is 0. The molecule has 5 N–H and O–H groups in total. The van der Waals surface area contributed by atoms with Gasteiger partial charge in [-0.05, 0) is 12.1 Å². The summed E-state index contributed by atoms with van der Waals surface area (Å²) in [5.41, 5.74) is 16.3. The Morgan fingerprint density at radius 1 is 0.850 bits per heavy atom. The molecule has 0 saturated heterocycles. The number of thiophene rings is 1. The molecule has 0 bridgehead atoms. The van der Waals surface area contributed by atoms with E-state index in [-0.39, 0.29) is 0 Å². The second kappa shape index (κ2) is 4.02. The molecule has 2 aromatic heterocycles. The molecule has 0 aliphatic heterocycles. The zero-order valence-corrected chi connectivity index (χ0v) is 11.5. The molecule has 0 unspecified atom stereocenters. The first-order valence-corrected chi connectivity index (χ1v) is 7.21. The van der Waals surface area contributed by atoms with E-state index in [1.54, 1.807) is 11.3 Å². The number of fused-ring (bicyclic) bond motifs is 2. The highest BCUT2D eigenvalue weighted by atomic mass is 32.1. The lowest BCUT2D eigenvalue weighted by Gasteiger charge is -2.00. The number of nitrogens with two attached hydrogens (primary N) is 2. The molecule has 0 atom stereocenters. The van der Waals surface area contributed by atoms with Gasteiger partial charge in [0.05, 0.1) is 16.4 Å². The molecule has 0 amide bonds. The summed E-state index contributed by atoms with van der Waals surface area (Å²) in [6, 6.07) is 16.3. The van der Waals surface area contributed by atoms with E-state index in [4.69, 9.17) is 11.5 Å². The van der Waals surface area contributed by atoms with Crippen molar-refractivity contribution in [2.75, 3.05) is 11.5 Å². The fourth-order valence-corrected chi connectivity index (χ4v) is 3.66. The van der Waals surface area contributed by atoms with Crippen molar-refractivity contribution in [3.8, 4) is 11.3 Å². The number of anilines is 2. The summed E-state index contributed by atoms with van der Waals surface area (Å²) in [4.78, 5) is 3.40. The Labute approximate surface area is 119 Å². The highest BCUT2D eigenvalue weighted by molar-refractivity contribution is 7.23. The second-order valence-electron chi connectivity index (χ2n) is 4.80. The van der Waals surface area contributed by atoms with Crippen LogP contribution in [0.15, 0.2) is 48.5 Å². The van der Waals surface area contributed by atoms with Crippen molar-refractivity contribution >= 4 is 43.0 Å².